The molecule has 1 atom stereocenters. The van der Waals surface area contributed by atoms with E-state index in [0.717, 1.165) is 19.3 Å². The molecule has 8 heavy (non-hydrogen) atoms. The molecule has 0 bridgehead atoms. The summed E-state index contributed by atoms with van der Waals surface area (Å²) in [6.45, 7) is 1.75. The Labute approximate surface area is 52.5 Å². The minimum Gasteiger partial charge on any atom is -0.251 e. The summed E-state index contributed by atoms with van der Waals surface area (Å²) >= 11 is 0. The van der Waals surface area contributed by atoms with Crippen LogP contribution in [0.5, 0.6) is 0 Å². The Bertz CT molecular complexity index is 56.9. The van der Waals surface area contributed by atoms with Crippen LogP contribution in [0.3, 0.4) is 0 Å². The quantitative estimate of drug-likeness (QED) is 0.523. The fourth-order valence-corrected chi connectivity index (χ4v) is 0.570. The highest BCUT2D eigenvalue weighted by Gasteiger charge is 1.84. The van der Waals surface area contributed by atoms with E-state index in [4.69, 9.17) is 1.37 Å². The second kappa shape index (κ2) is 6.93. The van der Waals surface area contributed by atoms with Gasteiger partial charge in [0, 0.05) is 1.37 Å². The van der Waals surface area contributed by atoms with E-state index < -0.39 is 0 Å². The number of halogens is 1. The van der Waals surface area contributed by atoms with Crippen molar-refractivity contribution in [3.8, 4) is 0 Å². The molecule has 0 aliphatic rings. The molecular formula is C7H15F. The molecule has 0 saturated carbocycles. The standard InChI is InChI=1S/C7H15F/c1-2-3-4-5-6-7-8/h2-7H2,1H3/i5T. The Hall–Kier alpha value is -0.0700. The molecule has 1 heteroatoms. The molecule has 50 valence electrons. The highest BCUT2D eigenvalue weighted by atomic mass is 19.1. The zero-order valence-corrected chi connectivity index (χ0v) is 5.49. The molecular weight excluding hydrogens is 103 g/mol. The maximum Gasteiger partial charge on any atom is 0.0894 e. The highest BCUT2D eigenvalue weighted by Crippen LogP contribution is 2.01. The average Bonchev–Trinajstić information content (AvgIpc) is 1.85. The first-order valence-electron chi connectivity index (χ1n) is 3.87. The van der Waals surface area contributed by atoms with E-state index in [0.29, 0.717) is 6.42 Å². The third-order valence-electron chi connectivity index (χ3n) is 1.08. The minimum absolute atomic E-state index is 0.157. The summed E-state index contributed by atoms with van der Waals surface area (Å²) in [5.41, 5.74) is 0. The zero-order chi connectivity index (χ0) is 7.11. The molecule has 0 aromatic rings. The number of rotatable bonds is 5. The normalized spacial score (nSPS) is 15.5. The lowest BCUT2D eigenvalue weighted by atomic mass is 10.2. The SMILES string of the molecule is [3H]C(CCF)CCCC. The van der Waals surface area contributed by atoms with Gasteiger partial charge < -0.3 is 0 Å². The van der Waals surface area contributed by atoms with Crippen molar-refractivity contribution in [1.82, 2.24) is 0 Å². The van der Waals surface area contributed by atoms with E-state index in [-0.39, 0.29) is 13.1 Å². The molecule has 0 amide bonds. The third kappa shape index (κ3) is 5.93. The van der Waals surface area contributed by atoms with Crippen LogP contribution in [0.4, 0.5) is 4.39 Å². The van der Waals surface area contributed by atoms with Gasteiger partial charge in [0.05, 0.1) is 6.67 Å². The minimum atomic E-state index is -0.335. The largest absolute Gasteiger partial charge is 0.251 e. The summed E-state index contributed by atoms with van der Waals surface area (Å²) in [4.78, 5) is 0. The van der Waals surface area contributed by atoms with Gasteiger partial charge in [-0.05, 0) is 6.42 Å². The molecule has 0 nitrogen and oxygen atoms in total. The molecule has 0 aliphatic carbocycles. The third-order valence-corrected chi connectivity index (χ3v) is 1.08. The van der Waals surface area contributed by atoms with Crippen LogP contribution in [0.15, 0.2) is 0 Å². The molecule has 0 saturated heterocycles. The molecule has 0 aliphatic heterocycles. The lowest BCUT2D eigenvalue weighted by Crippen LogP contribution is -1.77. The predicted molar refractivity (Wildman–Crippen MR) is 34.7 cm³/mol. The summed E-state index contributed by atoms with van der Waals surface area (Å²) in [6, 6.07) is 0. The van der Waals surface area contributed by atoms with Crippen LogP contribution in [-0.2, 0) is 0 Å². The van der Waals surface area contributed by atoms with Gasteiger partial charge in [-0.15, -0.1) is 0 Å². The van der Waals surface area contributed by atoms with Gasteiger partial charge in [0.2, 0.25) is 0 Å². The fraction of sp³-hybridized carbons (Fsp3) is 1.00. The van der Waals surface area contributed by atoms with E-state index in [1.165, 1.54) is 0 Å². The summed E-state index contributed by atoms with van der Waals surface area (Å²) < 4.78 is 18.8. The predicted octanol–water partition coefficient (Wildman–Crippen LogP) is 2.93. The van der Waals surface area contributed by atoms with Crippen molar-refractivity contribution in [1.29, 1.82) is 0 Å². The number of hydrogen-bond acceptors (Lipinski definition) is 0. The summed E-state index contributed by atoms with van der Waals surface area (Å²) in [5.74, 6) is 0. The van der Waals surface area contributed by atoms with E-state index in [1.807, 2.05) is 0 Å². The molecule has 1 unspecified atom stereocenters. The molecule has 0 aromatic carbocycles. The van der Waals surface area contributed by atoms with Crippen LogP contribution in [0.2, 0.25) is 0 Å². The van der Waals surface area contributed by atoms with Crippen molar-refractivity contribution < 1.29 is 5.76 Å². The van der Waals surface area contributed by atoms with Gasteiger partial charge in [-0.2, -0.15) is 0 Å². The van der Waals surface area contributed by atoms with Gasteiger partial charge >= 0.3 is 0 Å². The van der Waals surface area contributed by atoms with Crippen molar-refractivity contribution >= 4 is 0 Å². The van der Waals surface area contributed by atoms with Crippen LogP contribution >= 0.6 is 0 Å². The summed E-state index contributed by atoms with van der Waals surface area (Å²) in [6.07, 6.45) is 3.30. The second-order valence-corrected chi connectivity index (χ2v) is 1.91. The molecule has 0 rings (SSSR count). The second-order valence-electron chi connectivity index (χ2n) is 1.91. The Kier molecular flexibility index (Phi) is 5.25. The van der Waals surface area contributed by atoms with Crippen molar-refractivity contribution in [3.63, 3.8) is 0 Å². The van der Waals surface area contributed by atoms with Gasteiger partial charge in [0.15, 0.2) is 0 Å². The molecule has 0 fully saturated rings. The Morgan fingerprint density at radius 1 is 1.38 bits per heavy atom. The Morgan fingerprint density at radius 3 is 2.62 bits per heavy atom. The molecule has 0 heterocycles. The number of hydrogen-bond donors (Lipinski definition) is 0. The van der Waals surface area contributed by atoms with Crippen LogP contribution < -0.4 is 0 Å². The maximum absolute atomic E-state index is 11.6. The van der Waals surface area contributed by atoms with Gasteiger partial charge in [-0.1, -0.05) is 32.6 Å². The Balaban J connectivity index is 2.95. The first-order chi connectivity index (χ1) is 4.31. The van der Waals surface area contributed by atoms with Crippen LogP contribution in [-0.4, -0.2) is 6.67 Å². The first-order valence-corrected chi connectivity index (χ1v) is 3.29. The van der Waals surface area contributed by atoms with Crippen LogP contribution in [0.1, 0.15) is 40.4 Å². The number of unbranched alkanes of at least 4 members (excludes halogenated alkanes) is 1. The van der Waals surface area contributed by atoms with Crippen molar-refractivity contribution in [2.24, 2.45) is 0 Å². The van der Waals surface area contributed by atoms with Gasteiger partial charge in [-0.3, -0.25) is 4.39 Å². The van der Waals surface area contributed by atoms with E-state index in [1.54, 1.807) is 0 Å². The zero-order valence-electron chi connectivity index (χ0n) is 6.49. The molecule has 0 N–H and O–H groups in total. The van der Waals surface area contributed by atoms with E-state index in [9.17, 15) is 4.39 Å². The molecule has 0 aromatic heterocycles. The first kappa shape index (κ1) is 6.06. The van der Waals surface area contributed by atoms with Gasteiger partial charge in [0.1, 0.15) is 0 Å². The highest BCUT2D eigenvalue weighted by molar-refractivity contribution is 4.39. The van der Waals surface area contributed by atoms with Crippen molar-refractivity contribution in [3.05, 3.63) is 0 Å². The monoisotopic (exact) mass is 120 g/mol. The fourth-order valence-electron chi connectivity index (χ4n) is 0.570. The molecule has 0 radical (unpaired) electrons. The van der Waals surface area contributed by atoms with Crippen LogP contribution in [0.25, 0.3) is 0 Å². The smallest absolute Gasteiger partial charge is 0.0894 e. The maximum atomic E-state index is 11.6. The summed E-state index contributed by atoms with van der Waals surface area (Å²) in [5, 5.41) is 0. The van der Waals surface area contributed by atoms with Gasteiger partial charge in [0.25, 0.3) is 0 Å². The lowest BCUT2D eigenvalue weighted by molar-refractivity contribution is 0.452. The van der Waals surface area contributed by atoms with Crippen molar-refractivity contribution in [2.75, 3.05) is 6.67 Å². The van der Waals surface area contributed by atoms with E-state index in [2.05, 4.69) is 6.92 Å². The Morgan fingerprint density at radius 2 is 2.12 bits per heavy atom. The van der Waals surface area contributed by atoms with Crippen molar-refractivity contribution in [2.45, 2.75) is 39.0 Å². The van der Waals surface area contributed by atoms with Gasteiger partial charge in [-0.25, -0.2) is 0 Å². The van der Waals surface area contributed by atoms with E-state index >= 15 is 0 Å². The molecule has 0 spiro atoms. The lowest BCUT2D eigenvalue weighted by Gasteiger charge is -1.92. The average molecular weight is 120 g/mol. The topological polar surface area (TPSA) is 0 Å². The van der Waals surface area contributed by atoms with Crippen LogP contribution in [0, 0.1) is 0 Å². The summed E-state index contributed by atoms with van der Waals surface area (Å²) in [7, 11) is 0. The number of alkyl halides is 1.